The minimum atomic E-state index is -0.833. The molecule has 0 aliphatic rings. The van der Waals surface area contributed by atoms with Gasteiger partial charge in [-0.15, -0.1) is 0 Å². The predicted octanol–water partition coefficient (Wildman–Crippen LogP) is 4.92. The van der Waals surface area contributed by atoms with Gasteiger partial charge in [-0.25, -0.2) is 0 Å². The Morgan fingerprint density at radius 3 is 2.04 bits per heavy atom. The topological polar surface area (TPSA) is 66.8 Å². The number of carboxylic acid groups (broad SMARTS) is 1. The normalized spacial score (nSPS) is 12.0. The largest absolute Gasteiger partial charge is 0.481 e. The first-order chi connectivity index (χ1) is 12.4. The van der Waals surface area contributed by atoms with E-state index in [-0.39, 0.29) is 14.5 Å². The third kappa shape index (κ3) is 11.1. The number of carbonyl (C=O) groups is 1. The first-order valence-electron chi connectivity index (χ1n) is 9.11. The smallest absolute Gasteiger partial charge is 0.300 e. The molecule has 0 saturated carbocycles. The van der Waals surface area contributed by atoms with Gasteiger partial charge in [-0.3, -0.25) is 4.79 Å². The first kappa shape index (κ1) is 24.7. The third-order valence-corrected chi connectivity index (χ3v) is 4.01. The van der Waals surface area contributed by atoms with Crippen LogP contribution in [0.4, 0.5) is 0 Å². The summed E-state index contributed by atoms with van der Waals surface area (Å²) in [6.07, 6.45) is 4.09. The molecule has 0 aromatic heterocycles. The van der Waals surface area contributed by atoms with Crippen LogP contribution in [0.3, 0.4) is 0 Å². The van der Waals surface area contributed by atoms with E-state index in [2.05, 4.69) is 19.1 Å². The summed E-state index contributed by atoms with van der Waals surface area (Å²) in [5.74, 6) is 1.19. The van der Waals surface area contributed by atoms with Gasteiger partial charge in [0.2, 0.25) is 0 Å². The summed E-state index contributed by atoms with van der Waals surface area (Å²) in [5.41, 5.74) is 1.25. The van der Waals surface area contributed by atoms with Gasteiger partial charge in [0.05, 0.1) is 6.10 Å². The van der Waals surface area contributed by atoms with Crippen LogP contribution in [0.25, 0.3) is 0 Å². The lowest BCUT2D eigenvalue weighted by atomic mass is 9.90. The maximum Gasteiger partial charge on any atom is 0.300 e. The number of benzene rings is 2. The Kier molecular flexibility index (Phi) is 12.7. The highest BCUT2D eigenvalue weighted by Gasteiger charge is 2.15. The number of para-hydroxylation sites is 1. The van der Waals surface area contributed by atoms with Gasteiger partial charge < -0.3 is 14.9 Å². The molecule has 2 aromatic carbocycles. The molecule has 0 bridgehead atoms. The van der Waals surface area contributed by atoms with Crippen LogP contribution in [0, 0.1) is 5.92 Å². The number of aliphatic carboxylic acids is 1. The number of carboxylic acids is 1. The van der Waals surface area contributed by atoms with E-state index in [1.807, 2.05) is 49.4 Å². The van der Waals surface area contributed by atoms with Gasteiger partial charge in [0.25, 0.3) is 5.97 Å². The lowest BCUT2D eigenvalue weighted by Gasteiger charge is -2.20. The zero-order chi connectivity index (χ0) is 19.4. The summed E-state index contributed by atoms with van der Waals surface area (Å²) in [6.45, 7) is 5.17. The van der Waals surface area contributed by atoms with E-state index in [4.69, 9.17) is 14.6 Å². The maximum absolute atomic E-state index is 9.92. The fraction of sp³-hybridized carbons (Fsp3) is 0.409. The summed E-state index contributed by atoms with van der Waals surface area (Å²) in [4.78, 5) is 9.00. The molecule has 5 heteroatoms. The highest BCUT2D eigenvalue weighted by atomic mass is 16.5. The van der Waals surface area contributed by atoms with Gasteiger partial charge in [-0.1, -0.05) is 50.1 Å². The molecule has 3 radical (unpaired) electrons. The molecule has 2 N–H and O–H groups in total. The molecule has 27 heavy (non-hydrogen) atoms. The summed E-state index contributed by atoms with van der Waals surface area (Å²) < 4.78 is 5.80. The quantitative estimate of drug-likeness (QED) is 0.649. The Labute approximate surface area is 164 Å². The van der Waals surface area contributed by atoms with Crippen molar-refractivity contribution in [2.24, 2.45) is 5.92 Å². The molecule has 0 aliphatic heterocycles. The standard InChI is InChI=1S/C20H26O2.C2H4O2.B/c1-3-4-8-18(16(2)21)15-17-11-13-20(14-12-17)22-19-9-6-5-7-10-19;1-2(3)4;/h5-7,9-14,16,18,21H,3-4,8,15H2,1-2H3;1H3,(H,3,4);/t16-,18+;;/m1../s1. The number of aliphatic hydroxyl groups excluding tert-OH is 1. The molecule has 0 spiro atoms. The monoisotopic (exact) mass is 369 g/mol. The molecule has 0 unspecified atom stereocenters. The van der Waals surface area contributed by atoms with Crippen LogP contribution in [0.15, 0.2) is 54.6 Å². The van der Waals surface area contributed by atoms with Crippen LogP contribution < -0.4 is 4.74 Å². The molecule has 0 amide bonds. The number of unbranched alkanes of at least 4 members (excludes halogenated alkanes) is 1. The fourth-order valence-corrected chi connectivity index (χ4v) is 2.60. The second-order valence-corrected chi connectivity index (χ2v) is 6.43. The van der Waals surface area contributed by atoms with Crippen LogP contribution in [0.1, 0.15) is 45.6 Å². The summed E-state index contributed by atoms with van der Waals surface area (Å²) in [5, 5.41) is 17.3. The fourth-order valence-electron chi connectivity index (χ4n) is 2.60. The van der Waals surface area contributed by atoms with E-state index in [0.29, 0.717) is 5.92 Å². The zero-order valence-electron chi connectivity index (χ0n) is 16.5. The number of hydrogen-bond acceptors (Lipinski definition) is 3. The zero-order valence-corrected chi connectivity index (χ0v) is 16.5. The lowest BCUT2D eigenvalue weighted by Crippen LogP contribution is -2.19. The molecule has 0 aliphatic carbocycles. The number of aliphatic hydroxyl groups is 1. The summed E-state index contributed by atoms with van der Waals surface area (Å²) in [7, 11) is 0. The Morgan fingerprint density at radius 1 is 1.04 bits per heavy atom. The third-order valence-electron chi connectivity index (χ3n) is 4.01. The molecule has 2 rings (SSSR count). The SMILES string of the molecule is CC(=O)O.CCCC[C@@H](Cc1ccc(Oc2ccccc2)cc1)[C@@H](C)O.[B]. The van der Waals surface area contributed by atoms with Gasteiger partial charge in [0.15, 0.2) is 0 Å². The van der Waals surface area contributed by atoms with E-state index in [1.54, 1.807) is 0 Å². The van der Waals surface area contributed by atoms with Crippen molar-refractivity contribution >= 4 is 14.4 Å². The molecular formula is C22H30BO4. The Morgan fingerprint density at radius 2 is 1.56 bits per heavy atom. The molecular weight excluding hydrogens is 339 g/mol. The Bertz CT molecular complexity index is 623. The minimum Gasteiger partial charge on any atom is -0.481 e. The van der Waals surface area contributed by atoms with Gasteiger partial charge >= 0.3 is 0 Å². The van der Waals surface area contributed by atoms with E-state index in [9.17, 15) is 5.11 Å². The van der Waals surface area contributed by atoms with Crippen LogP contribution in [0.5, 0.6) is 11.5 Å². The molecule has 145 valence electrons. The van der Waals surface area contributed by atoms with Crippen LogP contribution >= 0.6 is 0 Å². The molecule has 4 nitrogen and oxygen atoms in total. The minimum absolute atomic E-state index is 0. The van der Waals surface area contributed by atoms with Crippen molar-refractivity contribution in [2.75, 3.05) is 0 Å². The van der Waals surface area contributed by atoms with Crippen molar-refractivity contribution in [3.05, 3.63) is 60.2 Å². The number of ether oxygens (including phenoxy) is 1. The predicted molar refractivity (Wildman–Crippen MR) is 110 cm³/mol. The summed E-state index contributed by atoms with van der Waals surface area (Å²) >= 11 is 0. The van der Waals surface area contributed by atoms with Crippen molar-refractivity contribution in [1.29, 1.82) is 0 Å². The highest BCUT2D eigenvalue weighted by Crippen LogP contribution is 2.24. The van der Waals surface area contributed by atoms with Gasteiger partial charge in [-0.05, 0) is 55.5 Å². The van der Waals surface area contributed by atoms with E-state index in [1.165, 1.54) is 18.4 Å². The van der Waals surface area contributed by atoms with Crippen molar-refractivity contribution < 1.29 is 19.7 Å². The number of rotatable bonds is 8. The second kappa shape index (κ2) is 13.9. The van der Waals surface area contributed by atoms with E-state index in [0.717, 1.165) is 31.3 Å². The van der Waals surface area contributed by atoms with Crippen LogP contribution in [-0.4, -0.2) is 30.7 Å². The van der Waals surface area contributed by atoms with E-state index < -0.39 is 5.97 Å². The lowest BCUT2D eigenvalue weighted by molar-refractivity contribution is -0.134. The molecule has 0 saturated heterocycles. The van der Waals surface area contributed by atoms with Crippen LogP contribution in [0.2, 0.25) is 0 Å². The summed E-state index contributed by atoms with van der Waals surface area (Å²) in [6, 6.07) is 18.0. The molecule has 2 aromatic rings. The van der Waals surface area contributed by atoms with Crippen molar-refractivity contribution in [3.63, 3.8) is 0 Å². The van der Waals surface area contributed by atoms with Crippen molar-refractivity contribution in [1.82, 2.24) is 0 Å². The van der Waals surface area contributed by atoms with E-state index >= 15 is 0 Å². The molecule has 0 fully saturated rings. The number of hydrogen-bond donors (Lipinski definition) is 2. The van der Waals surface area contributed by atoms with Gasteiger partial charge in [0, 0.05) is 15.3 Å². The van der Waals surface area contributed by atoms with Crippen molar-refractivity contribution in [2.45, 2.75) is 52.6 Å². The Balaban J connectivity index is 0.00000123. The first-order valence-corrected chi connectivity index (χ1v) is 9.11. The average Bonchev–Trinajstić information content (AvgIpc) is 2.60. The molecule has 2 atom stereocenters. The molecule has 0 heterocycles. The second-order valence-electron chi connectivity index (χ2n) is 6.43. The maximum atomic E-state index is 9.92. The van der Waals surface area contributed by atoms with Crippen LogP contribution in [-0.2, 0) is 11.2 Å². The Hall–Kier alpha value is -2.27. The average molecular weight is 369 g/mol. The highest BCUT2D eigenvalue weighted by molar-refractivity contribution is 5.75. The van der Waals surface area contributed by atoms with Gasteiger partial charge in [0.1, 0.15) is 11.5 Å². The van der Waals surface area contributed by atoms with Crippen molar-refractivity contribution in [3.8, 4) is 11.5 Å². The van der Waals surface area contributed by atoms with Gasteiger partial charge in [-0.2, -0.15) is 0 Å².